The summed E-state index contributed by atoms with van der Waals surface area (Å²) in [6.07, 6.45) is 1.92. The summed E-state index contributed by atoms with van der Waals surface area (Å²) in [6, 6.07) is 7.64. The largest absolute Gasteiger partial charge is 0.458 e. The first-order chi connectivity index (χ1) is 7.74. The molecule has 0 saturated carbocycles. The van der Waals surface area contributed by atoms with Gasteiger partial charge in [-0.25, -0.2) is 0 Å². The molecule has 0 amide bonds. The molecule has 16 heavy (non-hydrogen) atoms. The molecule has 0 aliphatic rings. The lowest BCUT2D eigenvalue weighted by Crippen LogP contribution is -1.87. The molecule has 0 bridgehead atoms. The maximum atomic E-state index is 5.54. The Morgan fingerprint density at radius 1 is 1.19 bits per heavy atom. The van der Waals surface area contributed by atoms with Crippen LogP contribution in [0.15, 0.2) is 39.4 Å². The summed E-state index contributed by atoms with van der Waals surface area (Å²) in [5.74, 6) is 2.30. The minimum Gasteiger partial charge on any atom is -0.458 e. The summed E-state index contributed by atoms with van der Waals surface area (Å²) in [5, 5.41) is 8.20. The summed E-state index contributed by atoms with van der Waals surface area (Å²) >= 11 is 3.42. The van der Waals surface area contributed by atoms with Crippen LogP contribution in [0.5, 0.6) is 0 Å². The molecule has 0 aliphatic heterocycles. The van der Waals surface area contributed by atoms with E-state index in [4.69, 9.17) is 4.42 Å². The maximum absolute atomic E-state index is 5.54. The standard InChI is InChI=1S/C11H8BrN3O/c1-7-2-4-9(16-7)11-14-13-10-5-3-8(12)6-15(10)11/h2-6H,1H3. The quantitative estimate of drug-likeness (QED) is 0.687. The average Bonchev–Trinajstić information content (AvgIpc) is 2.83. The van der Waals surface area contributed by atoms with E-state index >= 15 is 0 Å². The van der Waals surface area contributed by atoms with Crippen molar-refractivity contribution in [3.8, 4) is 11.6 Å². The van der Waals surface area contributed by atoms with Gasteiger partial charge >= 0.3 is 0 Å². The fourth-order valence-electron chi connectivity index (χ4n) is 1.59. The number of hydrogen-bond acceptors (Lipinski definition) is 3. The molecule has 0 saturated heterocycles. The third-order valence-corrected chi connectivity index (χ3v) is 2.80. The predicted octanol–water partition coefficient (Wildman–Crippen LogP) is 3.06. The Morgan fingerprint density at radius 2 is 2.06 bits per heavy atom. The van der Waals surface area contributed by atoms with E-state index in [-0.39, 0.29) is 0 Å². The second kappa shape index (κ2) is 3.45. The molecule has 4 nitrogen and oxygen atoms in total. The van der Waals surface area contributed by atoms with Crippen LogP contribution in [0.4, 0.5) is 0 Å². The molecule has 0 aromatic carbocycles. The minimum absolute atomic E-state index is 0.712. The SMILES string of the molecule is Cc1ccc(-c2nnc3ccc(Br)cn23)o1. The molecule has 3 aromatic heterocycles. The van der Waals surface area contributed by atoms with Crippen molar-refractivity contribution < 1.29 is 4.42 Å². The van der Waals surface area contributed by atoms with Gasteiger partial charge in [0.2, 0.25) is 5.82 Å². The van der Waals surface area contributed by atoms with Gasteiger partial charge in [0.05, 0.1) is 0 Å². The Labute approximate surface area is 100 Å². The predicted molar refractivity (Wildman–Crippen MR) is 63.1 cm³/mol. The van der Waals surface area contributed by atoms with Crippen molar-refractivity contribution in [2.24, 2.45) is 0 Å². The van der Waals surface area contributed by atoms with E-state index in [1.165, 1.54) is 0 Å². The summed E-state index contributed by atoms with van der Waals surface area (Å²) in [4.78, 5) is 0. The van der Waals surface area contributed by atoms with Crippen LogP contribution in [0.25, 0.3) is 17.2 Å². The third-order valence-electron chi connectivity index (χ3n) is 2.33. The van der Waals surface area contributed by atoms with Gasteiger partial charge in [0, 0.05) is 10.7 Å². The lowest BCUT2D eigenvalue weighted by Gasteiger charge is -1.96. The van der Waals surface area contributed by atoms with Crippen LogP contribution in [0, 0.1) is 6.92 Å². The lowest BCUT2D eigenvalue weighted by atomic mass is 10.4. The van der Waals surface area contributed by atoms with Crippen LogP contribution >= 0.6 is 15.9 Å². The molecule has 0 atom stereocenters. The van der Waals surface area contributed by atoms with E-state index in [1.54, 1.807) is 0 Å². The Morgan fingerprint density at radius 3 is 2.81 bits per heavy atom. The molecule has 3 aromatic rings. The highest BCUT2D eigenvalue weighted by molar-refractivity contribution is 9.10. The van der Waals surface area contributed by atoms with Crippen LogP contribution in [0.2, 0.25) is 0 Å². The number of hydrogen-bond donors (Lipinski definition) is 0. The number of aromatic nitrogens is 3. The van der Waals surface area contributed by atoms with Crippen molar-refractivity contribution in [2.45, 2.75) is 6.92 Å². The van der Waals surface area contributed by atoms with Gasteiger partial charge in [-0.05, 0) is 47.1 Å². The van der Waals surface area contributed by atoms with Crippen LogP contribution in [-0.4, -0.2) is 14.6 Å². The number of aryl methyl sites for hydroxylation is 1. The van der Waals surface area contributed by atoms with E-state index < -0.39 is 0 Å². The molecule has 0 N–H and O–H groups in total. The fraction of sp³-hybridized carbons (Fsp3) is 0.0909. The second-order valence-corrected chi connectivity index (χ2v) is 4.43. The summed E-state index contributed by atoms with van der Waals surface area (Å²) in [7, 11) is 0. The number of furan rings is 1. The van der Waals surface area contributed by atoms with Gasteiger partial charge in [0.1, 0.15) is 5.76 Å². The number of halogens is 1. The number of nitrogens with zero attached hydrogens (tertiary/aromatic N) is 3. The first kappa shape index (κ1) is 9.59. The van der Waals surface area contributed by atoms with Gasteiger partial charge in [0.25, 0.3) is 0 Å². The summed E-state index contributed by atoms with van der Waals surface area (Å²) < 4.78 is 8.40. The molecule has 80 valence electrons. The number of rotatable bonds is 1. The summed E-state index contributed by atoms with van der Waals surface area (Å²) in [6.45, 7) is 1.91. The van der Waals surface area contributed by atoms with Crippen molar-refractivity contribution in [2.75, 3.05) is 0 Å². The Kier molecular flexibility index (Phi) is 2.07. The van der Waals surface area contributed by atoms with Gasteiger partial charge < -0.3 is 4.42 Å². The average molecular weight is 278 g/mol. The number of fused-ring (bicyclic) bond motifs is 1. The molecule has 0 spiro atoms. The van der Waals surface area contributed by atoms with Crippen molar-refractivity contribution in [3.05, 3.63) is 40.7 Å². The topological polar surface area (TPSA) is 43.3 Å². The van der Waals surface area contributed by atoms with Gasteiger partial charge in [-0.1, -0.05) is 0 Å². The minimum atomic E-state index is 0.712. The first-order valence-electron chi connectivity index (χ1n) is 4.81. The third kappa shape index (κ3) is 1.44. The highest BCUT2D eigenvalue weighted by Crippen LogP contribution is 2.22. The van der Waals surface area contributed by atoms with Crippen molar-refractivity contribution >= 4 is 21.6 Å². The van der Waals surface area contributed by atoms with E-state index in [0.717, 1.165) is 21.6 Å². The molecule has 5 heteroatoms. The van der Waals surface area contributed by atoms with Gasteiger partial charge in [-0.2, -0.15) is 0 Å². The molecule has 0 fully saturated rings. The maximum Gasteiger partial charge on any atom is 0.204 e. The first-order valence-corrected chi connectivity index (χ1v) is 5.60. The van der Waals surface area contributed by atoms with E-state index in [2.05, 4.69) is 26.1 Å². The Hall–Kier alpha value is -1.62. The molecular weight excluding hydrogens is 270 g/mol. The summed E-state index contributed by atoms with van der Waals surface area (Å²) in [5.41, 5.74) is 0.798. The highest BCUT2D eigenvalue weighted by atomic mass is 79.9. The van der Waals surface area contributed by atoms with Crippen molar-refractivity contribution in [3.63, 3.8) is 0 Å². The normalized spacial score (nSPS) is 11.1. The van der Waals surface area contributed by atoms with Crippen LogP contribution in [-0.2, 0) is 0 Å². The molecule has 0 radical (unpaired) electrons. The zero-order valence-corrected chi connectivity index (χ0v) is 10.1. The molecule has 0 unspecified atom stereocenters. The molecule has 3 heterocycles. The fourth-order valence-corrected chi connectivity index (χ4v) is 1.92. The van der Waals surface area contributed by atoms with Crippen LogP contribution in [0.3, 0.4) is 0 Å². The van der Waals surface area contributed by atoms with Gasteiger partial charge in [-0.3, -0.25) is 4.40 Å². The van der Waals surface area contributed by atoms with Crippen molar-refractivity contribution in [1.82, 2.24) is 14.6 Å². The van der Waals surface area contributed by atoms with Gasteiger partial charge in [0.15, 0.2) is 11.4 Å². The van der Waals surface area contributed by atoms with E-state index in [1.807, 2.05) is 41.8 Å². The molecule has 3 rings (SSSR count). The molecular formula is C11H8BrN3O. The Balaban J connectivity index is 2.27. The van der Waals surface area contributed by atoms with Crippen LogP contribution in [0.1, 0.15) is 5.76 Å². The Bertz CT molecular complexity index is 656. The highest BCUT2D eigenvalue weighted by Gasteiger charge is 2.11. The van der Waals surface area contributed by atoms with Crippen molar-refractivity contribution in [1.29, 1.82) is 0 Å². The lowest BCUT2D eigenvalue weighted by molar-refractivity contribution is 0.543. The second-order valence-electron chi connectivity index (χ2n) is 3.51. The zero-order chi connectivity index (χ0) is 11.1. The van der Waals surface area contributed by atoms with E-state index in [0.29, 0.717) is 5.82 Å². The van der Waals surface area contributed by atoms with Crippen LogP contribution < -0.4 is 0 Å². The molecule has 0 aliphatic carbocycles. The van der Waals surface area contributed by atoms with Gasteiger partial charge in [-0.15, -0.1) is 10.2 Å². The monoisotopic (exact) mass is 277 g/mol. The zero-order valence-electron chi connectivity index (χ0n) is 8.51. The van der Waals surface area contributed by atoms with E-state index in [9.17, 15) is 0 Å². The smallest absolute Gasteiger partial charge is 0.204 e. The number of pyridine rings is 1.